The van der Waals surface area contributed by atoms with E-state index in [-0.39, 0.29) is 5.78 Å². The van der Waals surface area contributed by atoms with Gasteiger partial charge in [-0.3, -0.25) is 14.4 Å². The summed E-state index contributed by atoms with van der Waals surface area (Å²) in [6.45, 7) is 4.32. The van der Waals surface area contributed by atoms with E-state index in [9.17, 15) is 4.79 Å². The first-order valence-electron chi connectivity index (χ1n) is 9.40. The predicted molar refractivity (Wildman–Crippen MR) is 104 cm³/mol. The highest BCUT2D eigenvalue weighted by Crippen LogP contribution is 2.24. The van der Waals surface area contributed by atoms with Crippen LogP contribution in [0.3, 0.4) is 0 Å². The molecule has 4 rings (SSSR count). The summed E-state index contributed by atoms with van der Waals surface area (Å²) in [5, 5.41) is 14.3. The molecular weight excluding hydrogens is 356 g/mol. The van der Waals surface area contributed by atoms with Crippen molar-refractivity contribution in [1.29, 1.82) is 5.26 Å². The number of rotatable bonds is 6. The molecule has 28 heavy (non-hydrogen) atoms. The van der Waals surface area contributed by atoms with Crippen molar-refractivity contribution in [3.63, 3.8) is 0 Å². The van der Waals surface area contributed by atoms with E-state index in [1.54, 1.807) is 10.7 Å². The number of aromatic nitrogens is 4. The van der Waals surface area contributed by atoms with E-state index in [1.165, 1.54) is 6.20 Å². The molecule has 1 aliphatic heterocycles. The minimum absolute atomic E-state index is 0.0520. The monoisotopic (exact) mass is 378 g/mol. The number of hydrogen-bond acceptors (Lipinski definition) is 6. The Morgan fingerprint density at radius 2 is 2.14 bits per heavy atom. The summed E-state index contributed by atoms with van der Waals surface area (Å²) in [5.41, 5.74) is 3.32. The lowest BCUT2D eigenvalue weighted by Crippen LogP contribution is -2.36. The maximum absolute atomic E-state index is 12.6. The minimum atomic E-state index is 0.0520. The van der Waals surface area contributed by atoms with Gasteiger partial charge in [-0.2, -0.15) is 10.4 Å². The average molecular weight is 378 g/mol. The molecule has 0 bridgehead atoms. The zero-order valence-corrected chi connectivity index (χ0v) is 15.8. The van der Waals surface area contributed by atoms with Crippen molar-refractivity contribution in [3.8, 4) is 17.5 Å². The number of fused-ring (bicyclic) bond motifs is 1. The molecular formula is C20H22N6O2. The molecule has 0 saturated carbocycles. The predicted octanol–water partition coefficient (Wildman–Crippen LogP) is 2.13. The topological polar surface area (TPSA) is 99.8 Å². The summed E-state index contributed by atoms with van der Waals surface area (Å²) in [7, 11) is 1.82. The molecule has 0 aromatic carbocycles. The maximum atomic E-state index is 12.6. The van der Waals surface area contributed by atoms with Crippen LogP contribution in [0.5, 0.6) is 0 Å². The number of nitrogens with zero attached hydrogens (tertiary/aromatic N) is 5. The Morgan fingerprint density at radius 3 is 2.93 bits per heavy atom. The molecule has 3 aromatic rings. The summed E-state index contributed by atoms with van der Waals surface area (Å²) in [6.07, 6.45) is 2.83. The molecule has 1 fully saturated rings. The second kappa shape index (κ2) is 7.92. The Hall–Kier alpha value is -3.02. The Balaban J connectivity index is 1.45. The molecule has 4 heterocycles. The van der Waals surface area contributed by atoms with Crippen molar-refractivity contribution in [1.82, 2.24) is 24.6 Å². The maximum Gasteiger partial charge on any atom is 0.183 e. The lowest BCUT2D eigenvalue weighted by atomic mass is 10.1. The Morgan fingerprint density at radius 1 is 1.32 bits per heavy atom. The molecule has 0 unspecified atom stereocenters. The van der Waals surface area contributed by atoms with Crippen molar-refractivity contribution >= 4 is 16.8 Å². The number of nitriles is 1. The second-order valence-corrected chi connectivity index (χ2v) is 6.98. The van der Waals surface area contributed by atoms with Crippen LogP contribution in [0.15, 0.2) is 24.4 Å². The molecule has 8 heteroatoms. The van der Waals surface area contributed by atoms with Crippen LogP contribution < -0.4 is 0 Å². The van der Waals surface area contributed by atoms with Crippen LogP contribution in [-0.4, -0.2) is 63.3 Å². The summed E-state index contributed by atoms with van der Waals surface area (Å²) < 4.78 is 7.04. The third-order valence-electron chi connectivity index (χ3n) is 5.02. The molecule has 1 N–H and O–H groups in total. The summed E-state index contributed by atoms with van der Waals surface area (Å²) >= 11 is 0. The number of aryl methyl sites for hydroxylation is 1. The molecule has 0 spiro atoms. The van der Waals surface area contributed by atoms with Crippen LogP contribution >= 0.6 is 0 Å². The first kappa shape index (κ1) is 18.3. The van der Waals surface area contributed by atoms with Gasteiger partial charge in [0.25, 0.3) is 0 Å². The van der Waals surface area contributed by atoms with Gasteiger partial charge < -0.3 is 9.72 Å². The molecule has 1 saturated heterocycles. The van der Waals surface area contributed by atoms with Gasteiger partial charge in [0.05, 0.1) is 30.2 Å². The number of carbonyl (C=O) groups excluding carboxylic acids is 1. The summed E-state index contributed by atoms with van der Waals surface area (Å²) in [6, 6.07) is 7.62. The highest BCUT2D eigenvalue weighted by atomic mass is 16.5. The molecule has 0 atom stereocenters. The first-order valence-corrected chi connectivity index (χ1v) is 9.40. The van der Waals surface area contributed by atoms with Gasteiger partial charge in [-0.1, -0.05) is 0 Å². The van der Waals surface area contributed by atoms with Crippen molar-refractivity contribution in [2.75, 3.05) is 32.8 Å². The molecule has 0 aliphatic carbocycles. The molecule has 3 aromatic heterocycles. The SMILES string of the molecule is Cn1nc(C(=O)CCCN2CCOCC2)cc1-c1cc2cc(C#N)cnc2[nH]1. The van der Waals surface area contributed by atoms with Gasteiger partial charge in [0.1, 0.15) is 17.4 Å². The van der Waals surface area contributed by atoms with Crippen LogP contribution in [0.2, 0.25) is 0 Å². The van der Waals surface area contributed by atoms with E-state index >= 15 is 0 Å². The molecule has 0 amide bonds. The second-order valence-electron chi connectivity index (χ2n) is 6.98. The van der Waals surface area contributed by atoms with Gasteiger partial charge in [0.2, 0.25) is 0 Å². The molecule has 1 aliphatic rings. The van der Waals surface area contributed by atoms with Crippen molar-refractivity contribution in [2.24, 2.45) is 7.05 Å². The summed E-state index contributed by atoms with van der Waals surface area (Å²) in [5.74, 6) is 0.0520. The number of hydrogen-bond donors (Lipinski definition) is 1. The summed E-state index contributed by atoms with van der Waals surface area (Å²) in [4.78, 5) is 22.4. The van der Waals surface area contributed by atoms with Crippen molar-refractivity contribution in [3.05, 3.63) is 35.7 Å². The zero-order valence-electron chi connectivity index (χ0n) is 15.8. The lowest BCUT2D eigenvalue weighted by molar-refractivity contribution is 0.0371. The number of ketones is 1. The zero-order chi connectivity index (χ0) is 19.5. The van der Waals surface area contributed by atoms with Gasteiger partial charge in [0, 0.05) is 38.1 Å². The number of Topliss-reactive ketones (excluding diaryl/α,β-unsaturated/α-hetero) is 1. The minimum Gasteiger partial charge on any atom is -0.379 e. The van der Waals surface area contributed by atoms with Gasteiger partial charge in [-0.15, -0.1) is 0 Å². The number of pyridine rings is 1. The Kier molecular flexibility index (Phi) is 5.19. The largest absolute Gasteiger partial charge is 0.379 e. The van der Waals surface area contributed by atoms with E-state index in [1.807, 2.05) is 19.2 Å². The van der Waals surface area contributed by atoms with Crippen LogP contribution in [0.4, 0.5) is 0 Å². The fourth-order valence-electron chi connectivity index (χ4n) is 3.49. The highest BCUT2D eigenvalue weighted by Gasteiger charge is 2.17. The third kappa shape index (κ3) is 3.81. The number of morpholine rings is 1. The number of ether oxygens (including phenoxy) is 1. The van der Waals surface area contributed by atoms with Gasteiger partial charge in [0.15, 0.2) is 5.78 Å². The normalized spacial score (nSPS) is 15.0. The fraction of sp³-hybridized carbons (Fsp3) is 0.400. The van der Waals surface area contributed by atoms with Crippen LogP contribution in [0.25, 0.3) is 22.4 Å². The standard InChI is InChI=1S/C20H22N6O2/c1-25-18(16-10-15-9-14(12-21)13-22-20(15)23-16)11-17(24-25)19(27)3-2-4-26-5-7-28-8-6-26/h9-11,13H,2-8H2,1H3,(H,22,23). The van der Waals surface area contributed by atoms with Gasteiger partial charge in [-0.05, 0) is 31.2 Å². The van der Waals surface area contributed by atoms with Crippen molar-refractivity contribution in [2.45, 2.75) is 12.8 Å². The van der Waals surface area contributed by atoms with E-state index in [0.29, 0.717) is 23.3 Å². The van der Waals surface area contributed by atoms with E-state index in [2.05, 4.69) is 26.0 Å². The van der Waals surface area contributed by atoms with Gasteiger partial charge >= 0.3 is 0 Å². The number of nitrogens with one attached hydrogen (secondary N) is 1. The first-order chi connectivity index (χ1) is 13.6. The average Bonchev–Trinajstić information content (AvgIpc) is 3.31. The van der Waals surface area contributed by atoms with Crippen molar-refractivity contribution < 1.29 is 9.53 Å². The van der Waals surface area contributed by atoms with Gasteiger partial charge in [-0.25, -0.2) is 4.98 Å². The smallest absolute Gasteiger partial charge is 0.183 e. The van der Waals surface area contributed by atoms with Crippen LogP contribution in [-0.2, 0) is 11.8 Å². The Labute approximate surface area is 162 Å². The quantitative estimate of drug-likeness (QED) is 0.660. The number of aromatic amines is 1. The third-order valence-corrected chi connectivity index (χ3v) is 5.02. The molecule has 144 valence electrons. The van der Waals surface area contributed by atoms with E-state index < -0.39 is 0 Å². The molecule has 0 radical (unpaired) electrons. The van der Waals surface area contributed by atoms with E-state index in [0.717, 1.165) is 56.0 Å². The number of carbonyl (C=O) groups is 1. The van der Waals surface area contributed by atoms with Crippen LogP contribution in [0, 0.1) is 11.3 Å². The van der Waals surface area contributed by atoms with E-state index in [4.69, 9.17) is 10.00 Å². The fourth-order valence-corrected chi connectivity index (χ4v) is 3.49. The lowest BCUT2D eigenvalue weighted by Gasteiger charge is -2.26. The molecule has 8 nitrogen and oxygen atoms in total. The Bertz CT molecular complexity index is 1040. The van der Waals surface area contributed by atoms with Crippen LogP contribution in [0.1, 0.15) is 28.9 Å². The highest BCUT2D eigenvalue weighted by molar-refractivity contribution is 5.95. The number of H-pyrrole nitrogens is 1.